The third-order valence-corrected chi connectivity index (χ3v) is 2.36. The number of hydrogen-bond acceptors (Lipinski definition) is 3. The summed E-state index contributed by atoms with van der Waals surface area (Å²) in [5.74, 6) is 6.27. The maximum atomic E-state index is 10.9. The molecular formula is C14H16O3. The van der Waals surface area contributed by atoms with E-state index < -0.39 is 0 Å². The second kappa shape index (κ2) is 5.95. The van der Waals surface area contributed by atoms with E-state index in [4.69, 9.17) is 4.74 Å². The van der Waals surface area contributed by atoms with Crippen molar-refractivity contribution in [2.45, 2.75) is 20.3 Å². The molecule has 0 aliphatic rings. The normalized spacial score (nSPS) is 9.18. The Bertz CT molecular complexity index is 455. The van der Waals surface area contributed by atoms with Crippen LogP contribution < -0.4 is 4.74 Å². The van der Waals surface area contributed by atoms with Crippen LogP contribution in [0.4, 0.5) is 0 Å². The lowest BCUT2D eigenvalue weighted by Crippen LogP contribution is -1.97. The number of aryl methyl sites for hydroxylation is 2. The summed E-state index contributed by atoms with van der Waals surface area (Å²) in [5, 5.41) is 0. The summed E-state index contributed by atoms with van der Waals surface area (Å²) in [5.41, 5.74) is 2.95. The molecule has 0 saturated heterocycles. The molecule has 0 aromatic heterocycles. The van der Waals surface area contributed by atoms with Gasteiger partial charge in [0, 0.05) is 5.56 Å². The zero-order valence-electron chi connectivity index (χ0n) is 10.6. The van der Waals surface area contributed by atoms with E-state index in [2.05, 4.69) is 16.6 Å². The monoisotopic (exact) mass is 232 g/mol. The molecule has 1 rings (SSSR count). The molecule has 0 saturated carbocycles. The van der Waals surface area contributed by atoms with Gasteiger partial charge in [-0.3, -0.25) is 4.79 Å². The lowest BCUT2D eigenvalue weighted by atomic mass is 10.1. The lowest BCUT2D eigenvalue weighted by Gasteiger charge is -2.08. The first-order valence-corrected chi connectivity index (χ1v) is 5.29. The Balaban J connectivity index is 2.90. The minimum Gasteiger partial charge on any atom is -0.496 e. The van der Waals surface area contributed by atoms with Gasteiger partial charge in [-0.2, -0.15) is 0 Å². The zero-order valence-corrected chi connectivity index (χ0v) is 10.6. The average molecular weight is 232 g/mol. The molecule has 3 nitrogen and oxygen atoms in total. The topological polar surface area (TPSA) is 35.5 Å². The molecule has 90 valence electrons. The Morgan fingerprint density at radius 2 is 1.82 bits per heavy atom. The van der Waals surface area contributed by atoms with Crippen LogP contribution in [0.15, 0.2) is 12.1 Å². The Morgan fingerprint density at radius 3 is 2.29 bits per heavy atom. The van der Waals surface area contributed by atoms with E-state index in [1.165, 1.54) is 7.11 Å². The van der Waals surface area contributed by atoms with Crippen LogP contribution in [0, 0.1) is 25.7 Å². The van der Waals surface area contributed by atoms with Gasteiger partial charge in [-0.1, -0.05) is 11.8 Å². The number of carbonyl (C=O) groups excluding carboxylic acids is 1. The van der Waals surface area contributed by atoms with Gasteiger partial charge in [0.2, 0.25) is 0 Å². The van der Waals surface area contributed by atoms with Crippen molar-refractivity contribution in [3.8, 4) is 17.6 Å². The highest BCUT2D eigenvalue weighted by atomic mass is 16.5. The fourth-order valence-electron chi connectivity index (χ4n) is 1.64. The third kappa shape index (κ3) is 3.53. The standard InChI is InChI=1S/C14H16O3/c1-10-8-12(6-5-7-13(15)16-3)9-11(2)14(10)17-4/h8-9H,7H2,1-4H3. The van der Waals surface area contributed by atoms with Gasteiger partial charge in [-0.05, 0) is 37.1 Å². The van der Waals surface area contributed by atoms with Gasteiger partial charge in [0.05, 0.1) is 14.2 Å². The molecular weight excluding hydrogens is 216 g/mol. The Hall–Kier alpha value is -1.95. The fraction of sp³-hybridized carbons (Fsp3) is 0.357. The molecule has 0 N–H and O–H groups in total. The van der Waals surface area contributed by atoms with Crippen LogP contribution in [-0.2, 0) is 9.53 Å². The van der Waals surface area contributed by atoms with Gasteiger partial charge in [-0.15, -0.1) is 0 Å². The number of benzene rings is 1. The largest absolute Gasteiger partial charge is 0.496 e. The molecule has 0 radical (unpaired) electrons. The van der Waals surface area contributed by atoms with Crippen LogP contribution in [0.2, 0.25) is 0 Å². The van der Waals surface area contributed by atoms with Gasteiger partial charge in [0.15, 0.2) is 0 Å². The minimum absolute atomic E-state index is 0.112. The molecule has 3 heteroatoms. The molecule has 0 fully saturated rings. The first-order chi connectivity index (χ1) is 8.08. The van der Waals surface area contributed by atoms with E-state index in [-0.39, 0.29) is 12.4 Å². The van der Waals surface area contributed by atoms with Gasteiger partial charge >= 0.3 is 5.97 Å². The SMILES string of the molecule is COC(=O)CC#Cc1cc(C)c(OC)c(C)c1. The van der Waals surface area contributed by atoms with E-state index in [0.29, 0.717) is 0 Å². The molecule has 0 atom stereocenters. The van der Waals surface area contributed by atoms with Crippen molar-refractivity contribution in [3.63, 3.8) is 0 Å². The quantitative estimate of drug-likeness (QED) is 0.579. The summed E-state index contributed by atoms with van der Waals surface area (Å²) in [6.07, 6.45) is 0.112. The second-order valence-electron chi connectivity index (χ2n) is 3.70. The van der Waals surface area contributed by atoms with E-state index in [1.54, 1.807) is 7.11 Å². The molecule has 0 heterocycles. The smallest absolute Gasteiger partial charge is 0.317 e. The second-order valence-corrected chi connectivity index (χ2v) is 3.70. The molecule has 0 spiro atoms. The predicted octanol–water partition coefficient (Wildman–Crippen LogP) is 2.23. The first kappa shape index (κ1) is 13.1. The molecule has 0 unspecified atom stereocenters. The molecule has 0 bridgehead atoms. The number of hydrogen-bond donors (Lipinski definition) is 0. The van der Waals surface area contributed by atoms with Crippen LogP contribution in [0.3, 0.4) is 0 Å². The molecule has 1 aromatic rings. The average Bonchev–Trinajstić information content (AvgIpc) is 2.28. The number of methoxy groups -OCH3 is 2. The van der Waals surface area contributed by atoms with Crippen molar-refractivity contribution >= 4 is 5.97 Å². The van der Waals surface area contributed by atoms with Gasteiger partial charge < -0.3 is 9.47 Å². The number of ether oxygens (including phenoxy) is 2. The highest BCUT2D eigenvalue weighted by molar-refractivity contribution is 5.72. The summed E-state index contributed by atoms with van der Waals surface area (Å²) in [6.45, 7) is 3.94. The van der Waals surface area contributed by atoms with Crippen molar-refractivity contribution in [1.29, 1.82) is 0 Å². The Kier molecular flexibility index (Phi) is 4.59. The van der Waals surface area contributed by atoms with Crippen molar-refractivity contribution in [2.24, 2.45) is 0 Å². The van der Waals surface area contributed by atoms with Crippen LogP contribution in [0.25, 0.3) is 0 Å². The van der Waals surface area contributed by atoms with E-state index in [9.17, 15) is 4.79 Å². The third-order valence-electron chi connectivity index (χ3n) is 2.36. The zero-order chi connectivity index (χ0) is 12.8. The lowest BCUT2D eigenvalue weighted by molar-refractivity contribution is -0.139. The highest BCUT2D eigenvalue weighted by Gasteiger charge is 2.03. The minimum atomic E-state index is -0.320. The van der Waals surface area contributed by atoms with Gasteiger partial charge in [0.25, 0.3) is 0 Å². The maximum absolute atomic E-state index is 10.9. The summed E-state index contributed by atoms with van der Waals surface area (Å²) in [4.78, 5) is 10.9. The number of esters is 1. The van der Waals surface area contributed by atoms with E-state index >= 15 is 0 Å². The van der Waals surface area contributed by atoms with E-state index in [0.717, 1.165) is 22.4 Å². The highest BCUT2D eigenvalue weighted by Crippen LogP contribution is 2.23. The van der Waals surface area contributed by atoms with Crippen LogP contribution in [0.1, 0.15) is 23.1 Å². The van der Waals surface area contributed by atoms with Crippen LogP contribution in [0.5, 0.6) is 5.75 Å². The van der Waals surface area contributed by atoms with Crippen molar-refractivity contribution < 1.29 is 14.3 Å². The first-order valence-electron chi connectivity index (χ1n) is 5.29. The summed E-state index contributed by atoms with van der Waals surface area (Å²) in [7, 11) is 3.00. The maximum Gasteiger partial charge on any atom is 0.317 e. The van der Waals surface area contributed by atoms with Crippen LogP contribution >= 0.6 is 0 Å². The summed E-state index contributed by atoms with van der Waals surface area (Å²) < 4.78 is 9.78. The molecule has 17 heavy (non-hydrogen) atoms. The van der Waals surface area contributed by atoms with Crippen molar-refractivity contribution in [1.82, 2.24) is 0 Å². The predicted molar refractivity (Wildman–Crippen MR) is 66.0 cm³/mol. The summed E-state index contributed by atoms with van der Waals surface area (Å²) >= 11 is 0. The van der Waals surface area contributed by atoms with Gasteiger partial charge in [-0.25, -0.2) is 0 Å². The number of carbonyl (C=O) groups is 1. The fourth-order valence-corrected chi connectivity index (χ4v) is 1.64. The summed E-state index contributed by atoms with van der Waals surface area (Å²) in [6, 6.07) is 3.88. The number of rotatable bonds is 2. The molecule has 0 amide bonds. The molecule has 0 aliphatic carbocycles. The Labute approximate surface area is 102 Å². The molecule has 0 aliphatic heterocycles. The van der Waals surface area contributed by atoms with Crippen molar-refractivity contribution in [2.75, 3.05) is 14.2 Å². The van der Waals surface area contributed by atoms with E-state index in [1.807, 2.05) is 26.0 Å². The Morgan fingerprint density at radius 1 is 1.24 bits per heavy atom. The van der Waals surface area contributed by atoms with Crippen molar-refractivity contribution in [3.05, 3.63) is 28.8 Å². The van der Waals surface area contributed by atoms with Crippen LogP contribution in [-0.4, -0.2) is 20.2 Å². The van der Waals surface area contributed by atoms with Gasteiger partial charge in [0.1, 0.15) is 12.2 Å². The molecule has 1 aromatic carbocycles.